The number of esters is 1. The number of hydrogen-bond donors (Lipinski definition) is 1. The molecule has 1 fully saturated rings. The standard InChI is InChI=1S/C19H26N2O4S/c1-10(2)17-18-12(6-7-20-17)11(3)13-9-16(26(5,23)24)14(19(22)25-4)8-15(13)21-18/h8-12,17,20H,6-7H2,1-5H3. The minimum Gasteiger partial charge on any atom is -0.465 e. The zero-order valence-electron chi connectivity index (χ0n) is 15.9. The van der Waals surface area contributed by atoms with E-state index in [-0.39, 0.29) is 28.3 Å². The fraction of sp³-hybridized carbons (Fsp3) is 0.579. The van der Waals surface area contributed by atoms with E-state index in [0.29, 0.717) is 11.6 Å². The van der Waals surface area contributed by atoms with Gasteiger partial charge in [-0.3, -0.25) is 4.99 Å². The van der Waals surface area contributed by atoms with Crippen LogP contribution in [-0.4, -0.2) is 46.1 Å². The van der Waals surface area contributed by atoms with Crippen molar-refractivity contribution in [3.05, 3.63) is 23.3 Å². The number of rotatable bonds is 3. The summed E-state index contributed by atoms with van der Waals surface area (Å²) >= 11 is 0. The Bertz CT molecular complexity index is 874. The quantitative estimate of drug-likeness (QED) is 0.818. The third-order valence-electron chi connectivity index (χ3n) is 5.46. The molecule has 2 heterocycles. The van der Waals surface area contributed by atoms with Gasteiger partial charge in [-0.15, -0.1) is 0 Å². The zero-order valence-corrected chi connectivity index (χ0v) is 16.7. The summed E-state index contributed by atoms with van der Waals surface area (Å²) in [6.45, 7) is 7.36. The van der Waals surface area contributed by atoms with Gasteiger partial charge in [0.25, 0.3) is 0 Å². The number of piperidine rings is 1. The molecule has 0 spiro atoms. The highest BCUT2D eigenvalue weighted by molar-refractivity contribution is 7.90. The van der Waals surface area contributed by atoms with Crippen molar-refractivity contribution in [3.8, 4) is 0 Å². The molecular formula is C19H26N2O4S. The van der Waals surface area contributed by atoms with Gasteiger partial charge in [-0.05, 0) is 42.5 Å². The number of ether oxygens (including phenoxy) is 1. The minimum atomic E-state index is -3.56. The number of carbonyl (C=O) groups is 1. The van der Waals surface area contributed by atoms with Crippen LogP contribution in [0.3, 0.4) is 0 Å². The summed E-state index contributed by atoms with van der Waals surface area (Å²) < 4.78 is 29.3. The zero-order chi connectivity index (χ0) is 19.2. The smallest absolute Gasteiger partial charge is 0.339 e. The number of methoxy groups -OCH3 is 1. The Morgan fingerprint density at radius 2 is 2.04 bits per heavy atom. The lowest BCUT2D eigenvalue weighted by Crippen LogP contribution is -2.51. The topological polar surface area (TPSA) is 84.8 Å². The first kappa shape index (κ1) is 19.0. The first-order chi connectivity index (χ1) is 12.1. The summed E-state index contributed by atoms with van der Waals surface area (Å²) in [6.07, 6.45) is 2.08. The molecule has 1 aromatic carbocycles. The molecule has 1 N–H and O–H groups in total. The molecule has 0 saturated carbocycles. The van der Waals surface area contributed by atoms with Crippen LogP contribution in [0.4, 0.5) is 5.69 Å². The van der Waals surface area contributed by atoms with Crippen LogP contribution < -0.4 is 5.32 Å². The third kappa shape index (κ3) is 3.18. The normalized spacial score (nSPS) is 25.3. The van der Waals surface area contributed by atoms with Crippen molar-refractivity contribution in [1.82, 2.24) is 5.32 Å². The average molecular weight is 378 g/mol. The van der Waals surface area contributed by atoms with Crippen molar-refractivity contribution in [2.24, 2.45) is 16.8 Å². The summed E-state index contributed by atoms with van der Waals surface area (Å²) in [5.41, 5.74) is 2.71. The van der Waals surface area contributed by atoms with E-state index in [4.69, 9.17) is 9.73 Å². The Labute approximate surface area is 155 Å². The molecule has 0 aliphatic carbocycles. The Kier molecular flexibility index (Phi) is 4.96. The van der Waals surface area contributed by atoms with E-state index in [1.54, 1.807) is 12.1 Å². The number of carbonyl (C=O) groups excluding carboxylic acids is 1. The van der Waals surface area contributed by atoms with Gasteiger partial charge in [-0.1, -0.05) is 20.8 Å². The average Bonchev–Trinajstić information content (AvgIpc) is 2.58. The van der Waals surface area contributed by atoms with Crippen LogP contribution in [0, 0.1) is 11.8 Å². The molecule has 2 aliphatic rings. The molecule has 1 saturated heterocycles. The predicted molar refractivity (Wildman–Crippen MR) is 101 cm³/mol. The van der Waals surface area contributed by atoms with E-state index in [0.717, 1.165) is 30.5 Å². The van der Waals surface area contributed by atoms with Crippen LogP contribution in [0.1, 0.15) is 49.0 Å². The van der Waals surface area contributed by atoms with Gasteiger partial charge >= 0.3 is 5.97 Å². The maximum absolute atomic E-state index is 12.2. The first-order valence-electron chi connectivity index (χ1n) is 8.93. The van der Waals surface area contributed by atoms with E-state index in [1.165, 1.54) is 7.11 Å². The molecule has 0 aromatic heterocycles. The maximum atomic E-state index is 12.2. The second-order valence-electron chi connectivity index (χ2n) is 7.57. The molecular weight excluding hydrogens is 352 g/mol. The number of benzene rings is 1. The largest absolute Gasteiger partial charge is 0.465 e. The van der Waals surface area contributed by atoms with Gasteiger partial charge in [-0.2, -0.15) is 0 Å². The summed E-state index contributed by atoms with van der Waals surface area (Å²) in [6, 6.07) is 3.39. The monoisotopic (exact) mass is 378 g/mol. The van der Waals surface area contributed by atoms with Crippen molar-refractivity contribution in [3.63, 3.8) is 0 Å². The molecule has 0 bridgehead atoms. The second-order valence-corrected chi connectivity index (χ2v) is 9.55. The molecule has 0 radical (unpaired) electrons. The van der Waals surface area contributed by atoms with Gasteiger partial charge in [0, 0.05) is 23.9 Å². The highest BCUT2D eigenvalue weighted by Gasteiger charge is 2.39. The summed E-state index contributed by atoms with van der Waals surface area (Å²) in [5, 5.41) is 3.53. The van der Waals surface area contributed by atoms with E-state index in [1.807, 2.05) is 0 Å². The molecule has 6 nitrogen and oxygen atoms in total. The Morgan fingerprint density at radius 1 is 1.35 bits per heavy atom. The fourth-order valence-corrected chi connectivity index (χ4v) is 4.97. The van der Waals surface area contributed by atoms with Crippen LogP contribution in [0.15, 0.2) is 22.0 Å². The van der Waals surface area contributed by atoms with Gasteiger partial charge in [0.2, 0.25) is 0 Å². The SMILES string of the molecule is COC(=O)c1cc2c(cc1S(C)(=O)=O)C(C)C1CCNC(C(C)C)C1=N2. The molecule has 3 unspecified atom stereocenters. The number of fused-ring (bicyclic) bond motifs is 2. The molecule has 1 aromatic rings. The Balaban J connectivity index is 2.23. The minimum absolute atomic E-state index is 0.0166. The van der Waals surface area contributed by atoms with Gasteiger partial charge in [0.1, 0.15) is 0 Å². The van der Waals surface area contributed by atoms with Crippen molar-refractivity contribution in [1.29, 1.82) is 0 Å². The van der Waals surface area contributed by atoms with Crippen LogP contribution in [0.2, 0.25) is 0 Å². The van der Waals surface area contributed by atoms with Gasteiger partial charge in [0.15, 0.2) is 9.84 Å². The number of nitrogens with zero attached hydrogens (tertiary/aromatic N) is 1. The van der Waals surface area contributed by atoms with Gasteiger partial charge < -0.3 is 10.1 Å². The second kappa shape index (κ2) is 6.78. The lowest BCUT2D eigenvalue weighted by atomic mass is 9.73. The Hall–Kier alpha value is -1.73. The van der Waals surface area contributed by atoms with E-state index < -0.39 is 15.8 Å². The van der Waals surface area contributed by atoms with Crippen molar-refractivity contribution >= 4 is 27.2 Å². The lowest BCUT2D eigenvalue weighted by molar-refractivity contribution is 0.0596. The van der Waals surface area contributed by atoms with Gasteiger partial charge in [0.05, 0.1) is 23.3 Å². The lowest BCUT2D eigenvalue weighted by Gasteiger charge is -2.40. The molecule has 3 atom stereocenters. The Morgan fingerprint density at radius 3 is 2.62 bits per heavy atom. The molecule has 26 heavy (non-hydrogen) atoms. The van der Waals surface area contributed by atoms with Crippen LogP contribution >= 0.6 is 0 Å². The van der Waals surface area contributed by atoms with Crippen LogP contribution in [-0.2, 0) is 14.6 Å². The fourth-order valence-electron chi connectivity index (χ4n) is 4.09. The maximum Gasteiger partial charge on any atom is 0.339 e. The van der Waals surface area contributed by atoms with Crippen molar-refractivity contribution < 1.29 is 17.9 Å². The van der Waals surface area contributed by atoms with Crippen molar-refractivity contribution in [2.75, 3.05) is 19.9 Å². The van der Waals surface area contributed by atoms with Crippen molar-refractivity contribution in [2.45, 2.75) is 44.0 Å². The molecule has 2 aliphatic heterocycles. The number of hydrogen-bond acceptors (Lipinski definition) is 6. The number of nitrogens with one attached hydrogen (secondary N) is 1. The molecule has 0 amide bonds. The number of sulfone groups is 1. The predicted octanol–water partition coefficient (Wildman–Crippen LogP) is 2.70. The molecule has 142 valence electrons. The highest BCUT2D eigenvalue weighted by Crippen LogP contribution is 2.43. The van der Waals surface area contributed by atoms with E-state index in [2.05, 4.69) is 26.1 Å². The summed E-state index contributed by atoms with van der Waals surface area (Å²) in [4.78, 5) is 17.0. The van der Waals surface area contributed by atoms with Gasteiger partial charge in [-0.25, -0.2) is 13.2 Å². The van der Waals surface area contributed by atoms with Crippen LogP contribution in [0.5, 0.6) is 0 Å². The third-order valence-corrected chi connectivity index (χ3v) is 6.60. The summed E-state index contributed by atoms with van der Waals surface area (Å²) in [5.74, 6) is 0.173. The van der Waals surface area contributed by atoms with E-state index >= 15 is 0 Å². The van der Waals surface area contributed by atoms with Crippen LogP contribution in [0.25, 0.3) is 0 Å². The number of aliphatic imine (C=N–C) groups is 1. The first-order valence-corrected chi connectivity index (χ1v) is 10.8. The summed E-state index contributed by atoms with van der Waals surface area (Å²) in [7, 11) is -2.31. The molecule has 3 rings (SSSR count). The van der Waals surface area contributed by atoms with E-state index in [9.17, 15) is 13.2 Å². The molecule has 7 heteroatoms. The highest BCUT2D eigenvalue weighted by atomic mass is 32.2.